The highest BCUT2D eigenvalue weighted by Gasteiger charge is 2.15. The Bertz CT molecular complexity index is 862. The van der Waals surface area contributed by atoms with Crippen molar-refractivity contribution in [3.05, 3.63) is 58.4 Å². The minimum absolute atomic E-state index is 0.139. The molecule has 0 spiro atoms. The first-order chi connectivity index (χ1) is 10.6. The van der Waals surface area contributed by atoms with E-state index in [0.717, 1.165) is 10.9 Å². The summed E-state index contributed by atoms with van der Waals surface area (Å²) < 4.78 is 20.5. The molecule has 2 N–H and O–H groups in total. The van der Waals surface area contributed by atoms with Crippen LogP contribution in [0.25, 0.3) is 10.9 Å². The van der Waals surface area contributed by atoms with Crippen LogP contribution in [0.3, 0.4) is 0 Å². The standard InChI is InChI=1S/C16H12BrFN2OS/c1-22-16(19)9-3-2-4-10(7-9)21-15-12(18)8-13-11(14(15)17)5-6-20-13/h2-8,19-20H,1H3. The highest BCUT2D eigenvalue weighted by Crippen LogP contribution is 2.38. The second-order valence-electron chi connectivity index (χ2n) is 4.60. The van der Waals surface area contributed by atoms with Crippen LogP contribution in [0.5, 0.6) is 11.5 Å². The summed E-state index contributed by atoms with van der Waals surface area (Å²) in [6, 6.07) is 10.3. The molecule has 0 radical (unpaired) electrons. The smallest absolute Gasteiger partial charge is 0.177 e. The Morgan fingerprint density at radius 1 is 1.32 bits per heavy atom. The van der Waals surface area contributed by atoms with Gasteiger partial charge in [-0.05, 0) is 40.4 Å². The summed E-state index contributed by atoms with van der Waals surface area (Å²) in [6.07, 6.45) is 3.59. The maximum Gasteiger partial charge on any atom is 0.177 e. The van der Waals surface area contributed by atoms with E-state index in [4.69, 9.17) is 10.1 Å². The maximum atomic E-state index is 14.2. The van der Waals surface area contributed by atoms with Gasteiger partial charge in [0, 0.05) is 28.7 Å². The normalized spacial score (nSPS) is 10.9. The van der Waals surface area contributed by atoms with Gasteiger partial charge in [-0.3, -0.25) is 5.41 Å². The number of hydrogen-bond donors (Lipinski definition) is 2. The average Bonchev–Trinajstić information content (AvgIpc) is 2.99. The lowest BCUT2D eigenvalue weighted by molar-refractivity contribution is 0.440. The van der Waals surface area contributed by atoms with Crippen LogP contribution < -0.4 is 4.74 Å². The van der Waals surface area contributed by atoms with Crippen LogP contribution in [0.2, 0.25) is 0 Å². The van der Waals surface area contributed by atoms with Crippen molar-refractivity contribution >= 4 is 43.6 Å². The van der Waals surface area contributed by atoms with E-state index in [1.807, 2.05) is 18.4 Å². The number of fused-ring (bicyclic) bond motifs is 1. The molecule has 1 heterocycles. The molecular weight excluding hydrogens is 367 g/mol. The topological polar surface area (TPSA) is 48.9 Å². The fraction of sp³-hybridized carbons (Fsp3) is 0.0625. The third-order valence-corrected chi connectivity index (χ3v) is 4.65. The van der Waals surface area contributed by atoms with Crippen LogP contribution in [0.4, 0.5) is 4.39 Å². The molecule has 0 saturated heterocycles. The van der Waals surface area contributed by atoms with Gasteiger partial charge in [0.05, 0.1) is 9.52 Å². The molecule has 0 fully saturated rings. The first-order valence-electron chi connectivity index (χ1n) is 6.46. The Kier molecular flexibility index (Phi) is 4.22. The van der Waals surface area contributed by atoms with E-state index in [9.17, 15) is 4.39 Å². The summed E-state index contributed by atoms with van der Waals surface area (Å²) in [5.41, 5.74) is 1.44. The molecule has 0 amide bonds. The van der Waals surface area contributed by atoms with Crippen molar-refractivity contribution in [2.45, 2.75) is 0 Å². The number of H-pyrrole nitrogens is 1. The number of aromatic nitrogens is 1. The number of hydrogen-bond acceptors (Lipinski definition) is 3. The van der Waals surface area contributed by atoms with Crippen LogP contribution in [-0.2, 0) is 0 Å². The monoisotopic (exact) mass is 378 g/mol. The van der Waals surface area contributed by atoms with Crippen LogP contribution in [-0.4, -0.2) is 16.3 Å². The molecule has 0 aliphatic carbocycles. The Hall–Kier alpha value is -1.79. The predicted molar refractivity (Wildman–Crippen MR) is 92.8 cm³/mol. The lowest BCUT2D eigenvalue weighted by Crippen LogP contribution is -1.95. The molecule has 0 bridgehead atoms. The molecule has 0 atom stereocenters. The first kappa shape index (κ1) is 15.1. The fourth-order valence-electron chi connectivity index (χ4n) is 2.14. The van der Waals surface area contributed by atoms with Crippen molar-refractivity contribution in [1.29, 1.82) is 5.41 Å². The number of nitrogens with one attached hydrogen (secondary N) is 2. The fourth-order valence-corrected chi connectivity index (χ4v) is 3.12. The Balaban J connectivity index is 2.01. The van der Waals surface area contributed by atoms with E-state index in [1.165, 1.54) is 17.8 Å². The van der Waals surface area contributed by atoms with Gasteiger partial charge in [-0.2, -0.15) is 0 Å². The minimum Gasteiger partial charge on any atom is -0.453 e. The van der Waals surface area contributed by atoms with E-state index in [1.54, 1.807) is 24.4 Å². The van der Waals surface area contributed by atoms with Crippen LogP contribution >= 0.6 is 27.7 Å². The molecule has 0 aliphatic rings. The second-order valence-corrected chi connectivity index (χ2v) is 6.21. The predicted octanol–water partition coefficient (Wildman–Crippen LogP) is 5.55. The number of aromatic amines is 1. The van der Waals surface area contributed by atoms with Gasteiger partial charge in [0.1, 0.15) is 5.75 Å². The van der Waals surface area contributed by atoms with Crippen molar-refractivity contribution in [1.82, 2.24) is 4.98 Å². The third kappa shape index (κ3) is 2.76. The third-order valence-electron chi connectivity index (χ3n) is 3.22. The zero-order valence-electron chi connectivity index (χ0n) is 11.6. The van der Waals surface area contributed by atoms with Crippen molar-refractivity contribution in [3.63, 3.8) is 0 Å². The highest BCUT2D eigenvalue weighted by molar-refractivity contribution is 9.10. The van der Waals surface area contributed by atoms with Gasteiger partial charge in [0.15, 0.2) is 11.6 Å². The van der Waals surface area contributed by atoms with Gasteiger partial charge in [-0.15, -0.1) is 11.8 Å². The zero-order chi connectivity index (χ0) is 15.7. The van der Waals surface area contributed by atoms with E-state index in [2.05, 4.69) is 20.9 Å². The summed E-state index contributed by atoms with van der Waals surface area (Å²) in [7, 11) is 0. The molecule has 2 aromatic carbocycles. The van der Waals surface area contributed by atoms with Gasteiger partial charge < -0.3 is 9.72 Å². The summed E-state index contributed by atoms with van der Waals surface area (Å²) in [5, 5.41) is 9.13. The zero-order valence-corrected chi connectivity index (χ0v) is 14.0. The molecule has 22 heavy (non-hydrogen) atoms. The van der Waals surface area contributed by atoms with E-state index in [-0.39, 0.29) is 5.75 Å². The Morgan fingerprint density at radius 3 is 2.91 bits per heavy atom. The number of halogens is 2. The van der Waals surface area contributed by atoms with Gasteiger partial charge in [-0.25, -0.2) is 4.39 Å². The summed E-state index contributed by atoms with van der Waals surface area (Å²) in [4.78, 5) is 2.97. The quantitative estimate of drug-likeness (QED) is 0.463. The second kappa shape index (κ2) is 6.14. The highest BCUT2D eigenvalue weighted by atomic mass is 79.9. The first-order valence-corrected chi connectivity index (χ1v) is 8.48. The van der Waals surface area contributed by atoms with Crippen molar-refractivity contribution in [3.8, 4) is 11.5 Å². The molecule has 1 aromatic heterocycles. The number of benzene rings is 2. The number of ether oxygens (including phenoxy) is 1. The molecule has 6 heteroatoms. The minimum atomic E-state index is -0.452. The lowest BCUT2D eigenvalue weighted by Gasteiger charge is -2.11. The lowest BCUT2D eigenvalue weighted by atomic mass is 10.2. The van der Waals surface area contributed by atoms with E-state index >= 15 is 0 Å². The maximum absolute atomic E-state index is 14.2. The summed E-state index contributed by atoms with van der Waals surface area (Å²) in [5.74, 6) is 0.179. The summed E-state index contributed by atoms with van der Waals surface area (Å²) in [6.45, 7) is 0. The SMILES string of the molecule is CSC(=N)c1cccc(Oc2c(F)cc3[nH]ccc3c2Br)c1. The van der Waals surface area contributed by atoms with Crippen LogP contribution in [0.15, 0.2) is 47.1 Å². The van der Waals surface area contributed by atoms with E-state index < -0.39 is 5.82 Å². The Morgan fingerprint density at radius 2 is 2.14 bits per heavy atom. The molecule has 3 aromatic rings. The molecule has 0 unspecified atom stereocenters. The average molecular weight is 379 g/mol. The van der Waals surface area contributed by atoms with E-state index in [0.29, 0.717) is 20.8 Å². The van der Waals surface area contributed by atoms with Gasteiger partial charge in [-0.1, -0.05) is 12.1 Å². The summed E-state index contributed by atoms with van der Waals surface area (Å²) >= 11 is 4.74. The molecule has 3 nitrogen and oxygen atoms in total. The van der Waals surface area contributed by atoms with Crippen molar-refractivity contribution < 1.29 is 9.13 Å². The Labute approximate surface area is 139 Å². The largest absolute Gasteiger partial charge is 0.453 e. The van der Waals surface area contributed by atoms with Crippen molar-refractivity contribution in [2.75, 3.05) is 6.26 Å². The molecule has 112 valence electrons. The number of thioether (sulfide) groups is 1. The molecule has 0 aliphatic heterocycles. The van der Waals surface area contributed by atoms with Gasteiger partial charge in [0.25, 0.3) is 0 Å². The molecule has 3 rings (SSSR count). The van der Waals surface area contributed by atoms with Gasteiger partial charge in [0.2, 0.25) is 0 Å². The van der Waals surface area contributed by atoms with Crippen LogP contribution in [0.1, 0.15) is 5.56 Å². The van der Waals surface area contributed by atoms with Crippen molar-refractivity contribution in [2.24, 2.45) is 0 Å². The van der Waals surface area contributed by atoms with Crippen LogP contribution in [0, 0.1) is 11.2 Å². The molecular formula is C16H12BrFN2OS. The number of rotatable bonds is 3. The molecule has 0 saturated carbocycles. The van der Waals surface area contributed by atoms with Gasteiger partial charge >= 0.3 is 0 Å².